The summed E-state index contributed by atoms with van der Waals surface area (Å²) >= 11 is 0. The zero-order valence-electron chi connectivity index (χ0n) is 19.5. The number of hydrogen-bond donors (Lipinski definition) is 1. The van der Waals surface area contributed by atoms with Crippen molar-refractivity contribution in [1.29, 1.82) is 0 Å². The third-order valence-corrected chi connectivity index (χ3v) is 6.31. The number of benzene rings is 1. The average molecular weight is 466 g/mol. The van der Waals surface area contributed by atoms with Crippen LogP contribution in [0.3, 0.4) is 0 Å². The summed E-state index contributed by atoms with van der Waals surface area (Å²) in [6.45, 7) is 2.40. The number of ether oxygens (including phenoxy) is 1. The van der Waals surface area contributed by atoms with E-state index in [1.165, 1.54) is 0 Å². The van der Waals surface area contributed by atoms with Gasteiger partial charge in [-0.25, -0.2) is 4.98 Å². The van der Waals surface area contributed by atoms with Gasteiger partial charge in [0.25, 0.3) is 0 Å². The summed E-state index contributed by atoms with van der Waals surface area (Å²) in [6, 6.07) is 15.6. The van der Waals surface area contributed by atoms with Crippen molar-refractivity contribution in [3.63, 3.8) is 0 Å². The van der Waals surface area contributed by atoms with E-state index in [4.69, 9.17) is 17.6 Å². The number of carbonyl (C=O) groups excluding carboxylic acids is 1. The van der Waals surface area contributed by atoms with Crippen LogP contribution in [0.25, 0.3) is 5.65 Å². The van der Waals surface area contributed by atoms with E-state index in [0.717, 1.165) is 35.7 Å². The summed E-state index contributed by atoms with van der Waals surface area (Å²) in [5.74, 6) is 1.99. The smallest absolute Gasteiger partial charge is 0.225 e. The minimum Gasteiger partial charge on any atom is -0.493 e. The average Bonchev–Trinajstić information content (AvgIpc) is 3.29. The summed E-state index contributed by atoms with van der Waals surface area (Å²) in [6.07, 6.45) is 7.29. The van der Waals surface area contributed by atoms with Crippen LogP contribution in [0.15, 0.2) is 67.1 Å². The molecule has 0 bridgehead atoms. The highest BCUT2D eigenvalue weighted by Crippen LogP contribution is 2.29. The lowest BCUT2D eigenvalue weighted by molar-refractivity contribution is -0.132. The molecule has 0 saturated carbocycles. The molecule has 0 spiro atoms. The lowest BCUT2D eigenvalue weighted by Crippen LogP contribution is -2.38. The third kappa shape index (κ3) is 5.45. The fraction of sp³-hybridized carbons (Fsp3) is 0.308. The van der Waals surface area contributed by atoms with E-state index in [1.807, 2.05) is 59.6 Å². The molecule has 5 rings (SSSR count). The van der Waals surface area contributed by atoms with Crippen LogP contribution in [-0.2, 0) is 11.3 Å². The molecule has 1 aromatic carbocycles. The second-order valence-corrected chi connectivity index (χ2v) is 8.68. The quantitative estimate of drug-likeness (QED) is 0.402. The van der Waals surface area contributed by atoms with Crippen LogP contribution in [0, 0.1) is 0 Å². The Labute approximate surface area is 205 Å². The predicted octanol–water partition coefficient (Wildman–Crippen LogP) is 2.71. The van der Waals surface area contributed by atoms with Gasteiger partial charge in [-0.2, -0.15) is 9.61 Å². The maximum atomic E-state index is 12.7. The molecule has 9 heteroatoms. The highest BCUT2D eigenvalue weighted by molar-refractivity contribution is 6.36. The largest absolute Gasteiger partial charge is 0.493 e. The van der Waals surface area contributed by atoms with Gasteiger partial charge in [-0.1, -0.05) is 24.3 Å². The Kier molecular flexibility index (Phi) is 6.93. The molecule has 1 N–H and O–H groups in total. The van der Waals surface area contributed by atoms with Crippen LogP contribution in [-0.4, -0.2) is 57.9 Å². The molecule has 0 aliphatic carbocycles. The molecular formula is C26H27BN6O2. The number of rotatable bonds is 8. The maximum Gasteiger partial charge on any atom is 0.225 e. The Morgan fingerprint density at radius 3 is 2.71 bits per heavy atom. The number of pyridine rings is 1. The van der Waals surface area contributed by atoms with Crippen molar-refractivity contribution in [3.8, 4) is 5.75 Å². The first-order valence-electron chi connectivity index (χ1n) is 11.9. The number of nitrogens with zero attached hydrogens (tertiary/aromatic N) is 5. The summed E-state index contributed by atoms with van der Waals surface area (Å²) in [5.41, 5.74) is 3.23. The van der Waals surface area contributed by atoms with E-state index in [0.29, 0.717) is 43.8 Å². The number of piperidine rings is 1. The Balaban J connectivity index is 1.21. The fourth-order valence-corrected chi connectivity index (χ4v) is 4.38. The predicted molar refractivity (Wildman–Crippen MR) is 135 cm³/mol. The van der Waals surface area contributed by atoms with Crippen molar-refractivity contribution >= 4 is 30.7 Å². The van der Waals surface area contributed by atoms with Gasteiger partial charge >= 0.3 is 0 Å². The lowest BCUT2D eigenvalue weighted by atomic mass is 9.92. The fourth-order valence-electron chi connectivity index (χ4n) is 4.38. The molecule has 35 heavy (non-hydrogen) atoms. The van der Waals surface area contributed by atoms with Crippen LogP contribution >= 0.6 is 0 Å². The number of likely N-dealkylation sites (tertiary alicyclic amines) is 1. The monoisotopic (exact) mass is 466 g/mol. The summed E-state index contributed by atoms with van der Waals surface area (Å²) in [5, 5.41) is 7.84. The topological polar surface area (TPSA) is 84.7 Å². The van der Waals surface area contributed by atoms with Crippen LogP contribution in [0.2, 0.25) is 0 Å². The molecule has 4 heterocycles. The van der Waals surface area contributed by atoms with Crippen molar-refractivity contribution in [2.45, 2.75) is 31.7 Å². The van der Waals surface area contributed by atoms with Crippen molar-refractivity contribution in [1.82, 2.24) is 24.5 Å². The molecule has 1 saturated heterocycles. The van der Waals surface area contributed by atoms with Gasteiger partial charge in [-0.05, 0) is 42.1 Å². The van der Waals surface area contributed by atoms with E-state index in [-0.39, 0.29) is 11.8 Å². The second-order valence-electron chi connectivity index (χ2n) is 8.68. The first kappa shape index (κ1) is 22.9. The van der Waals surface area contributed by atoms with Crippen molar-refractivity contribution in [3.05, 3.63) is 78.4 Å². The van der Waals surface area contributed by atoms with Crippen LogP contribution in [0.5, 0.6) is 5.75 Å². The van der Waals surface area contributed by atoms with Crippen LogP contribution < -0.4 is 15.5 Å². The first-order valence-corrected chi connectivity index (χ1v) is 11.9. The molecule has 1 fully saturated rings. The highest BCUT2D eigenvalue weighted by Gasteiger charge is 2.25. The number of fused-ring (bicyclic) bond motifs is 1. The maximum absolute atomic E-state index is 12.7. The van der Waals surface area contributed by atoms with E-state index in [2.05, 4.69) is 15.4 Å². The van der Waals surface area contributed by atoms with Gasteiger partial charge in [0.1, 0.15) is 25.1 Å². The van der Waals surface area contributed by atoms with E-state index < -0.39 is 0 Å². The Morgan fingerprint density at radius 1 is 1.11 bits per heavy atom. The van der Waals surface area contributed by atoms with Crippen LogP contribution in [0.4, 0.5) is 5.82 Å². The molecule has 0 atom stereocenters. The molecular weight excluding hydrogens is 439 g/mol. The van der Waals surface area contributed by atoms with Gasteiger partial charge in [0.2, 0.25) is 5.91 Å². The zero-order valence-corrected chi connectivity index (χ0v) is 19.5. The van der Waals surface area contributed by atoms with Crippen molar-refractivity contribution in [2.24, 2.45) is 0 Å². The normalized spacial score (nSPS) is 14.2. The lowest BCUT2D eigenvalue weighted by Gasteiger charge is -2.32. The zero-order chi connectivity index (χ0) is 24.0. The molecule has 4 aromatic rings. The SMILES string of the molecule is [B]c1cnn2c(NCc3cccnc3)cc(C3CCN(C(=O)CCOc4ccccc4)CC3)nc12. The number of carbonyl (C=O) groups is 1. The molecule has 3 aromatic heterocycles. The summed E-state index contributed by atoms with van der Waals surface area (Å²) in [4.78, 5) is 23.6. The summed E-state index contributed by atoms with van der Waals surface area (Å²) in [7, 11) is 6.15. The van der Waals surface area contributed by atoms with Gasteiger partial charge in [0, 0.05) is 55.9 Å². The number of amides is 1. The molecule has 8 nitrogen and oxygen atoms in total. The minimum atomic E-state index is 0.127. The highest BCUT2D eigenvalue weighted by atomic mass is 16.5. The third-order valence-electron chi connectivity index (χ3n) is 6.31. The van der Waals surface area contributed by atoms with Gasteiger partial charge in [0.15, 0.2) is 0 Å². The van der Waals surface area contributed by atoms with Gasteiger partial charge < -0.3 is 15.0 Å². The standard InChI is InChI=1S/C26H27BN6O2/c27-22-18-30-33-24(29-17-19-5-4-11-28-16-19)15-23(31-26(22)33)20-8-12-32(13-9-20)25(34)10-14-35-21-6-2-1-3-7-21/h1-7,11,15-16,18,20,29H,8-10,12-14,17H2. The van der Waals surface area contributed by atoms with E-state index in [9.17, 15) is 4.79 Å². The number of aromatic nitrogens is 4. The molecule has 2 radical (unpaired) electrons. The Bertz CT molecular complexity index is 1270. The van der Waals surface area contributed by atoms with Crippen molar-refractivity contribution in [2.75, 3.05) is 25.0 Å². The number of hydrogen-bond acceptors (Lipinski definition) is 6. The summed E-state index contributed by atoms with van der Waals surface area (Å²) < 4.78 is 7.42. The van der Waals surface area contributed by atoms with E-state index >= 15 is 0 Å². The first-order chi connectivity index (χ1) is 17.2. The van der Waals surface area contributed by atoms with Crippen molar-refractivity contribution < 1.29 is 9.53 Å². The van der Waals surface area contributed by atoms with Gasteiger partial charge in [0.05, 0.1) is 13.0 Å². The molecule has 176 valence electrons. The second kappa shape index (κ2) is 10.6. The van der Waals surface area contributed by atoms with Crippen LogP contribution in [0.1, 0.15) is 36.4 Å². The number of anilines is 1. The van der Waals surface area contributed by atoms with E-state index in [1.54, 1.807) is 16.9 Å². The molecule has 1 amide bonds. The minimum absolute atomic E-state index is 0.127. The number of para-hydroxylation sites is 1. The molecule has 1 aliphatic rings. The number of nitrogens with one attached hydrogen (secondary N) is 1. The van der Waals surface area contributed by atoms with Gasteiger partial charge in [-0.15, -0.1) is 0 Å². The molecule has 1 aliphatic heterocycles. The van der Waals surface area contributed by atoms with Gasteiger partial charge in [-0.3, -0.25) is 9.78 Å². The molecule has 0 unspecified atom stereocenters. The Hall–Kier alpha value is -3.88. The Morgan fingerprint density at radius 2 is 1.94 bits per heavy atom.